The molecule has 0 radical (unpaired) electrons. The van der Waals surface area contributed by atoms with Gasteiger partial charge in [0.2, 0.25) is 0 Å². The number of benzene rings is 1. The number of aromatic nitrogens is 3. The molecule has 1 unspecified atom stereocenters. The first-order valence-electron chi connectivity index (χ1n) is 8.29. The smallest absolute Gasteiger partial charge is 0.181 e. The summed E-state index contributed by atoms with van der Waals surface area (Å²) in [6.45, 7) is 7.45. The Balaban J connectivity index is 2.14. The van der Waals surface area contributed by atoms with Crippen molar-refractivity contribution in [1.29, 1.82) is 0 Å². The predicted octanol–water partition coefficient (Wildman–Crippen LogP) is 3.67. The molecule has 0 saturated heterocycles. The van der Waals surface area contributed by atoms with Gasteiger partial charge in [0, 0.05) is 30.1 Å². The zero-order valence-corrected chi connectivity index (χ0v) is 14.5. The maximum absolute atomic E-state index is 12.5. The Kier molecular flexibility index (Phi) is 6.49. The molecule has 130 valence electrons. The number of halogens is 1. The number of ether oxygens (including phenoxy) is 1. The average molecular weight is 332 g/mol. The number of nitrogens with zero attached hydrogens (tertiary/aromatic N) is 3. The van der Waals surface area contributed by atoms with E-state index in [0.717, 1.165) is 24.4 Å². The molecule has 0 saturated carbocycles. The highest BCUT2D eigenvalue weighted by molar-refractivity contribution is 5.56. The lowest BCUT2D eigenvalue weighted by molar-refractivity contribution is 0.347. The van der Waals surface area contributed by atoms with E-state index in [4.69, 9.17) is 10.5 Å². The average Bonchev–Trinajstić information content (AvgIpc) is 3.07. The molecule has 0 bridgehead atoms. The molecule has 0 spiro atoms. The second-order valence-corrected chi connectivity index (χ2v) is 5.70. The van der Waals surface area contributed by atoms with Gasteiger partial charge in [-0.15, -0.1) is 0 Å². The molecule has 0 aliphatic carbocycles. The van der Waals surface area contributed by atoms with Gasteiger partial charge in [-0.3, -0.25) is 0 Å². The minimum absolute atomic E-state index is 0.144. The molecule has 6 heteroatoms. The van der Waals surface area contributed by atoms with Crippen LogP contribution >= 0.6 is 0 Å². The first-order valence-corrected chi connectivity index (χ1v) is 8.29. The van der Waals surface area contributed by atoms with Gasteiger partial charge in [-0.05, 0) is 37.6 Å². The van der Waals surface area contributed by atoms with E-state index in [1.807, 2.05) is 28.9 Å². The van der Waals surface area contributed by atoms with Gasteiger partial charge in [-0.2, -0.15) is 5.10 Å². The normalized spacial score (nSPS) is 13.1. The highest BCUT2D eigenvalue weighted by Gasteiger charge is 2.15. The number of hydrogen-bond donors (Lipinski definition) is 1. The maximum atomic E-state index is 12.5. The van der Waals surface area contributed by atoms with Crippen molar-refractivity contribution in [3.05, 3.63) is 42.0 Å². The zero-order chi connectivity index (χ0) is 17.5. The highest BCUT2D eigenvalue weighted by Crippen LogP contribution is 2.23. The fourth-order valence-corrected chi connectivity index (χ4v) is 2.27. The molecule has 2 N–H and O–H groups in total. The maximum Gasteiger partial charge on any atom is 0.181 e. The van der Waals surface area contributed by atoms with E-state index in [0.29, 0.717) is 29.4 Å². The van der Waals surface area contributed by atoms with Gasteiger partial charge in [0.05, 0.1) is 6.33 Å². The summed E-state index contributed by atoms with van der Waals surface area (Å²) in [6.07, 6.45) is 1.52. The summed E-state index contributed by atoms with van der Waals surface area (Å²) in [5.74, 6) is 2.75. The zero-order valence-electron chi connectivity index (χ0n) is 14.5. The second kappa shape index (κ2) is 8.59. The number of hydrogen-bond acceptors (Lipinski definition) is 4. The topological polar surface area (TPSA) is 66.0 Å². The van der Waals surface area contributed by atoms with Crippen LogP contribution in [-0.2, 0) is 6.54 Å². The van der Waals surface area contributed by atoms with Crippen LogP contribution in [0.2, 0.25) is 0 Å². The molecule has 24 heavy (non-hydrogen) atoms. The van der Waals surface area contributed by atoms with Crippen LogP contribution in [0.1, 0.15) is 38.9 Å². The summed E-state index contributed by atoms with van der Waals surface area (Å²) in [4.78, 5) is 4.69. The molecule has 0 aliphatic rings. The lowest BCUT2D eigenvalue weighted by Crippen LogP contribution is -2.10. The molecule has 1 aromatic carbocycles. The van der Waals surface area contributed by atoms with E-state index >= 15 is 0 Å². The fourth-order valence-electron chi connectivity index (χ4n) is 2.27. The predicted molar refractivity (Wildman–Crippen MR) is 93.6 cm³/mol. The van der Waals surface area contributed by atoms with Gasteiger partial charge >= 0.3 is 0 Å². The molecule has 2 rings (SSSR count). The summed E-state index contributed by atoms with van der Waals surface area (Å²) in [7, 11) is 0. The Bertz CT molecular complexity index is 679. The molecule has 5 nitrogen and oxygen atoms in total. The molecule has 1 atom stereocenters. The Morgan fingerprint density at radius 2 is 2.04 bits per heavy atom. The summed E-state index contributed by atoms with van der Waals surface area (Å²) >= 11 is 0. The summed E-state index contributed by atoms with van der Waals surface area (Å²) < 4.78 is 19.9. The van der Waals surface area contributed by atoms with Crippen molar-refractivity contribution in [2.75, 3.05) is 13.2 Å². The first kappa shape index (κ1) is 18.1. The molecule has 1 heterocycles. The summed E-state index contributed by atoms with van der Waals surface area (Å²) in [6, 6.07) is 7.48. The van der Waals surface area contributed by atoms with Crippen molar-refractivity contribution in [2.45, 2.75) is 39.7 Å². The van der Waals surface area contributed by atoms with Crippen LogP contribution in [0.4, 0.5) is 4.39 Å². The molecule has 0 fully saturated rings. The lowest BCUT2D eigenvalue weighted by Gasteiger charge is -2.07. The van der Waals surface area contributed by atoms with Gasteiger partial charge in [0.15, 0.2) is 5.82 Å². The third-order valence-corrected chi connectivity index (χ3v) is 4.01. The van der Waals surface area contributed by atoms with E-state index in [9.17, 15) is 4.39 Å². The van der Waals surface area contributed by atoms with Crippen LogP contribution in [0.5, 0.6) is 5.75 Å². The van der Waals surface area contributed by atoms with Crippen molar-refractivity contribution < 1.29 is 9.13 Å². The first-order chi connectivity index (χ1) is 11.6. The summed E-state index contributed by atoms with van der Waals surface area (Å²) in [5, 5.41) is 4.59. The monoisotopic (exact) mass is 332 g/mol. The number of aryl methyl sites for hydroxylation is 1. The van der Waals surface area contributed by atoms with Crippen LogP contribution in [0.25, 0.3) is 11.4 Å². The van der Waals surface area contributed by atoms with Crippen molar-refractivity contribution >= 4 is 0 Å². The van der Waals surface area contributed by atoms with E-state index in [-0.39, 0.29) is 13.2 Å². The van der Waals surface area contributed by atoms with Crippen LogP contribution in [0.15, 0.2) is 36.2 Å². The van der Waals surface area contributed by atoms with Gasteiger partial charge in [0.1, 0.15) is 18.2 Å². The fraction of sp³-hybridized carbons (Fsp3) is 0.444. The third-order valence-electron chi connectivity index (χ3n) is 4.01. The quantitative estimate of drug-likeness (QED) is 0.801. The Hall–Kier alpha value is -2.21. The molecular formula is C18H25FN4O. The van der Waals surface area contributed by atoms with Crippen molar-refractivity contribution in [2.24, 2.45) is 5.73 Å². The minimum atomic E-state index is 0.144. The molecule has 2 aromatic rings. The van der Waals surface area contributed by atoms with Gasteiger partial charge in [-0.25, -0.2) is 14.1 Å². The number of rotatable bonds is 8. The minimum Gasteiger partial charge on any atom is -0.489 e. The Labute approximate surface area is 142 Å². The van der Waals surface area contributed by atoms with E-state index in [2.05, 4.69) is 30.9 Å². The Morgan fingerprint density at radius 3 is 2.58 bits per heavy atom. The van der Waals surface area contributed by atoms with E-state index in [1.54, 1.807) is 0 Å². The molecule has 0 amide bonds. The molecule has 1 aromatic heterocycles. The van der Waals surface area contributed by atoms with E-state index < -0.39 is 0 Å². The van der Waals surface area contributed by atoms with Crippen LogP contribution in [0.3, 0.4) is 0 Å². The van der Waals surface area contributed by atoms with Crippen LogP contribution in [-0.4, -0.2) is 27.9 Å². The second-order valence-electron chi connectivity index (χ2n) is 5.70. The largest absolute Gasteiger partial charge is 0.489 e. The van der Waals surface area contributed by atoms with Crippen molar-refractivity contribution in [3.8, 4) is 17.1 Å². The van der Waals surface area contributed by atoms with Gasteiger partial charge < -0.3 is 10.5 Å². The molecule has 0 aliphatic heterocycles. The molecular weight excluding hydrogens is 307 g/mol. The Morgan fingerprint density at radius 1 is 1.33 bits per heavy atom. The lowest BCUT2D eigenvalue weighted by atomic mass is 10.1. The van der Waals surface area contributed by atoms with Gasteiger partial charge in [0.25, 0.3) is 0 Å². The van der Waals surface area contributed by atoms with Crippen LogP contribution < -0.4 is 10.5 Å². The van der Waals surface area contributed by atoms with Crippen LogP contribution in [0, 0.1) is 0 Å². The number of nitrogens with two attached hydrogens (primary N) is 1. The standard InChI is InChI=1S/C18H25FN4O/c1-4-13(3)18-21-17(22-23(18)5-2)15-6-8-16(9-7-15)24-12-14(10-19)11-20/h6-10,13H,4-5,11-12,20H2,1-3H3/b14-10+. The summed E-state index contributed by atoms with van der Waals surface area (Å²) in [5.41, 5.74) is 6.75. The highest BCUT2D eigenvalue weighted by atomic mass is 19.1. The van der Waals surface area contributed by atoms with Gasteiger partial charge in [-0.1, -0.05) is 13.8 Å². The van der Waals surface area contributed by atoms with Crippen molar-refractivity contribution in [3.63, 3.8) is 0 Å². The SMILES string of the molecule is CCC(C)c1nc(-c2ccc(OC/C(=C/F)CN)cc2)nn1CC. The third kappa shape index (κ3) is 4.20. The van der Waals surface area contributed by atoms with E-state index in [1.165, 1.54) is 0 Å². The van der Waals surface area contributed by atoms with Crippen molar-refractivity contribution in [1.82, 2.24) is 14.8 Å².